The highest BCUT2D eigenvalue weighted by atomic mass is 16.6. The predicted octanol–water partition coefficient (Wildman–Crippen LogP) is 4.54. The number of hydrogen-bond acceptors (Lipinski definition) is 6. The van der Waals surface area contributed by atoms with E-state index in [0.29, 0.717) is 59.1 Å². The normalized spacial score (nSPS) is 12.2. The molecule has 0 aromatic heterocycles. The molecule has 0 aromatic carbocycles. The van der Waals surface area contributed by atoms with Gasteiger partial charge in [0.1, 0.15) is 0 Å². The molecule has 0 heterocycles. The van der Waals surface area contributed by atoms with Crippen molar-refractivity contribution < 1.29 is 28.5 Å². The molecule has 6 nitrogen and oxygen atoms in total. The van der Waals surface area contributed by atoms with E-state index in [0.717, 1.165) is 32.3 Å². The molecule has 6 heteroatoms. The number of ether oxygens (including phenoxy) is 5. The lowest BCUT2D eigenvalue weighted by molar-refractivity contribution is -0.149. The van der Waals surface area contributed by atoms with Crippen LogP contribution in [0, 0.1) is 0 Å². The van der Waals surface area contributed by atoms with Crippen molar-refractivity contribution in [3.05, 3.63) is 0 Å². The Morgan fingerprint density at radius 3 is 1.68 bits per heavy atom. The highest BCUT2D eigenvalue weighted by Gasteiger charge is 2.09. The van der Waals surface area contributed by atoms with Crippen LogP contribution in [0.25, 0.3) is 0 Å². The van der Waals surface area contributed by atoms with E-state index in [4.69, 9.17) is 23.7 Å². The molecule has 28 heavy (non-hydrogen) atoms. The molecule has 1 atom stereocenters. The van der Waals surface area contributed by atoms with E-state index in [2.05, 4.69) is 13.8 Å². The van der Waals surface area contributed by atoms with Gasteiger partial charge in [0.05, 0.1) is 45.7 Å². The van der Waals surface area contributed by atoms with Crippen LogP contribution in [0.3, 0.4) is 0 Å². The van der Waals surface area contributed by atoms with Crippen LogP contribution in [0.1, 0.15) is 78.6 Å². The highest BCUT2D eigenvalue weighted by molar-refractivity contribution is 5.69. The average molecular weight is 405 g/mol. The molecule has 0 amide bonds. The van der Waals surface area contributed by atoms with Crippen LogP contribution in [0.2, 0.25) is 0 Å². The topological polar surface area (TPSA) is 63.2 Å². The predicted molar refractivity (Wildman–Crippen MR) is 112 cm³/mol. The molecule has 1 unspecified atom stereocenters. The summed E-state index contributed by atoms with van der Waals surface area (Å²) in [5.41, 5.74) is 0. The summed E-state index contributed by atoms with van der Waals surface area (Å²) in [7, 11) is 0. The van der Waals surface area contributed by atoms with Gasteiger partial charge in [0.15, 0.2) is 0 Å². The van der Waals surface area contributed by atoms with Gasteiger partial charge in [-0.3, -0.25) is 4.79 Å². The molecule has 0 fully saturated rings. The third kappa shape index (κ3) is 21.6. The van der Waals surface area contributed by atoms with Gasteiger partial charge in [-0.15, -0.1) is 0 Å². The molecule has 0 aliphatic heterocycles. The van der Waals surface area contributed by atoms with Crippen LogP contribution >= 0.6 is 0 Å². The summed E-state index contributed by atoms with van der Waals surface area (Å²) in [5.74, 6) is -0.126. The first-order valence-electron chi connectivity index (χ1n) is 11.2. The third-order valence-corrected chi connectivity index (χ3v) is 4.22. The minimum Gasteiger partial charge on any atom is -0.463 e. The maximum Gasteiger partial charge on any atom is 0.306 e. The first-order chi connectivity index (χ1) is 13.7. The van der Waals surface area contributed by atoms with Gasteiger partial charge in [0, 0.05) is 19.6 Å². The number of carbonyl (C=O) groups is 1. The second kappa shape index (κ2) is 22.6. The van der Waals surface area contributed by atoms with Crippen LogP contribution in [0.15, 0.2) is 0 Å². The van der Waals surface area contributed by atoms with Gasteiger partial charge in [0.25, 0.3) is 0 Å². The SMILES string of the molecule is CCCCCCC(C)OC(=O)CCCOCCOCCOCCOCCCC. The number of esters is 1. The minimum absolute atomic E-state index is 0.0174. The Hall–Kier alpha value is -0.690. The van der Waals surface area contributed by atoms with E-state index in [1.54, 1.807) is 0 Å². The second-order valence-electron chi connectivity index (χ2n) is 7.06. The lowest BCUT2D eigenvalue weighted by Gasteiger charge is -2.13. The van der Waals surface area contributed by atoms with E-state index in [-0.39, 0.29) is 12.1 Å². The molecule has 0 saturated carbocycles. The van der Waals surface area contributed by atoms with Crippen molar-refractivity contribution in [1.29, 1.82) is 0 Å². The summed E-state index contributed by atoms with van der Waals surface area (Å²) in [4.78, 5) is 11.8. The zero-order valence-electron chi connectivity index (χ0n) is 18.5. The molecule has 0 aliphatic rings. The number of unbranched alkanes of at least 4 members (excludes halogenated alkanes) is 4. The van der Waals surface area contributed by atoms with Crippen LogP contribution in [-0.4, -0.2) is 64.9 Å². The van der Waals surface area contributed by atoms with Gasteiger partial charge >= 0.3 is 5.97 Å². The third-order valence-electron chi connectivity index (χ3n) is 4.22. The van der Waals surface area contributed by atoms with Crippen molar-refractivity contribution in [2.75, 3.05) is 52.9 Å². The zero-order chi connectivity index (χ0) is 20.7. The molecular formula is C22H44O6. The maximum atomic E-state index is 11.8. The van der Waals surface area contributed by atoms with E-state index in [1.165, 1.54) is 19.3 Å². The molecule has 0 saturated heterocycles. The van der Waals surface area contributed by atoms with E-state index in [1.807, 2.05) is 6.92 Å². The number of hydrogen-bond donors (Lipinski definition) is 0. The molecule has 0 radical (unpaired) electrons. The molecule has 0 bridgehead atoms. The zero-order valence-corrected chi connectivity index (χ0v) is 18.5. The van der Waals surface area contributed by atoms with Gasteiger partial charge in [-0.05, 0) is 32.6 Å². The van der Waals surface area contributed by atoms with Crippen molar-refractivity contribution in [2.45, 2.75) is 84.7 Å². The molecule has 0 aromatic rings. The Morgan fingerprint density at radius 2 is 1.14 bits per heavy atom. The summed E-state index contributed by atoms with van der Waals surface area (Å²) >= 11 is 0. The van der Waals surface area contributed by atoms with Crippen molar-refractivity contribution in [3.8, 4) is 0 Å². The fraction of sp³-hybridized carbons (Fsp3) is 0.955. The number of rotatable bonds is 22. The minimum atomic E-state index is -0.126. The van der Waals surface area contributed by atoms with Gasteiger partial charge < -0.3 is 23.7 Å². The molecule has 168 valence electrons. The quantitative estimate of drug-likeness (QED) is 0.195. The van der Waals surface area contributed by atoms with Crippen LogP contribution in [-0.2, 0) is 28.5 Å². The summed E-state index contributed by atoms with van der Waals surface area (Å²) in [6.07, 6.45) is 9.14. The van der Waals surface area contributed by atoms with Crippen molar-refractivity contribution in [3.63, 3.8) is 0 Å². The summed E-state index contributed by atoms with van der Waals surface area (Å²) in [5, 5.41) is 0. The Labute approximate surface area is 172 Å². The van der Waals surface area contributed by atoms with Crippen LogP contribution in [0.5, 0.6) is 0 Å². The van der Waals surface area contributed by atoms with Crippen molar-refractivity contribution in [2.24, 2.45) is 0 Å². The van der Waals surface area contributed by atoms with Crippen LogP contribution < -0.4 is 0 Å². The maximum absolute atomic E-state index is 11.8. The van der Waals surface area contributed by atoms with E-state index >= 15 is 0 Å². The van der Waals surface area contributed by atoms with Gasteiger partial charge in [0.2, 0.25) is 0 Å². The molecule has 0 N–H and O–H groups in total. The van der Waals surface area contributed by atoms with Crippen LogP contribution in [0.4, 0.5) is 0 Å². The average Bonchev–Trinajstić information content (AvgIpc) is 2.68. The molecule has 0 spiro atoms. The standard InChI is InChI=1S/C22H44O6/c1-4-6-8-9-11-21(3)28-22(23)12-10-14-25-16-18-27-20-19-26-17-15-24-13-7-5-2/h21H,4-20H2,1-3H3. The Kier molecular flexibility index (Phi) is 22.0. The highest BCUT2D eigenvalue weighted by Crippen LogP contribution is 2.09. The van der Waals surface area contributed by atoms with E-state index in [9.17, 15) is 4.79 Å². The van der Waals surface area contributed by atoms with Gasteiger partial charge in [-0.2, -0.15) is 0 Å². The van der Waals surface area contributed by atoms with Crippen molar-refractivity contribution >= 4 is 5.97 Å². The second-order valence-corrected chi connectivity index (χ2v) is 7.06. The van der Waals surface area contributed by atoms with Gasteiger partial charge in [-0.1, -0.05) is 39.5 Å². The van der Waals surface area contributed by atoms with E-state index < -0.39 is 0 Å². The van der Waals surface area contributed by atoms with Gasteiger partial charge in [-0.25, -0.2) is 0 Å². The summed E-state index contributed by atoms with van der Waals surface area (Å²) < 4.78 is 27.1. The monoisotopic (exact) mass is 404 g/mol. The largest absolute Gasteiger partial charge is 0.463 e. The Morgan fingerprint density at radius 1 is 0.643 bits per heavy atom. The fourth-order valence-electron chi connectivity index (χ4n) is 2.53. The smallest absolute Gasteiger partial charge is 0.306 e. The summed E-state index contributed by atoms with van der Waals surface area (Å²) in [6.45, 7) is 11.1. The fourth-order valence-corrected chi connectivity index (χ4v) is 2.53. The summed E-state index contributed by atoms with van der Waals surface area (Å²) in [6, 6.07) is 0. The molecule has 0 aliphatic carbocycles. The lowest BCUT2D eigenvalue weighted by Crippen LogP contribution is -2.15. The Bertz CT molecular complexity index is 324. The number of carbonyl (C=O) groups excluding carboxylic acids is 1. The molecule has 0 rings (SSSR count). The first kappa shape index (κ1) is 27.3. The lowest BCUT2D eigenvalue weighted by atomic mass is 10.1. The Balaban J connectivity index is 3.22. The first-order valence-corrected chi connectivity index (χ1v) is 11.2. The molecular weight excluding hydrogens is 360 g/mol. The van der Waals surface area contributed by atoms with Crippen molar-refractivity contribution in [1.82, 2.24) is 0 Å².